The first-order valence-corrected chi connectivity index (χ1v) is 8.68. The Balaban J connectivity index is 2.30. The molecule has 6 heteroatoms. The number of aliphatic hydroxyl groups excluding tert-OH is 1. The molecule has 0 aromatic heterocycles. The Morgan fingerprint density at radius 3 is 2.19 bits per heavy atom. The predicted octanol–water partition coefficient (Wildman–Crippen LogP) is 2.63. The molecule has 0 saturated heterocycles. The van der Waals surface area contributed by atoms with E-state index in [-0.39, 0.29) is 24.6 Å². The maximum Gasteiger partial charge on any atom is 0.243 e. The van der Waals surface area contributed by atoms with E-state index in [1.807, 2.05) is 30.3 Å². The fourth-order valence-corrected chi connectivity index (χ4v) is 3.62. The zero-order valence-corrected chi connectivity index (χ0v) is 13.7. The summed E-state index contributed by atoms with van der Waals surface area (Å²) in [6.07, 6.45) is 0. The summed E-state index contributed by atoms with van der Waals surface area (Å²) in [4.78, 5) is 0.218. The van der Waals surface area contributed by atoms with Crippen LogP contribution in [0.4, 0.5) is 0 Å². The van der Waals surface area contributed by atoms with Gasteiger partial charge in [0.2, 0.25) is 10.0 Å². The lowest BCUT2D eigenvalue weighted by atomic mass is 10.2. The molecule has 0 saturated carbocycles. The van der Waals surface area contributed by atoms with Crippen LogP contribution in [0.25, 0.3) is 0 Å². The first-order valence-electron chi connectivity index (χ1n) is 6.44. The highest BCUT2D eigenvalue weighted by molar-refractivity contribution is 9.10. The second kappa shape index (κ2) is 7.17. The standard InChI is InChI=1S/C15H16BrNO3S/c16-14-6-8-15(9-7-14)21(19,20)17(10-11-18)12-13-4-2-1-3-5-13/h1-9,18H,10-12H2. The van der Waals surface area contributed by atoms with Crippen LogP contribution in [0, 0.1) is 0 Å². The summed E-state index contributed by atoms with van der Waals surface area (Å²) in [6.45, 7) is 0.0790. The molecule has 0 radical (unpaired) electrons. The summed E-state index contributed by atoms with van der Waals surface area (Å²) in [5.74, 6) is 0. The number of sulfonamides is 1. The number of hydrogen-bond acceptors (Lipinski definition) is 3. The van der Waals surface area contributed by atoms with Crippen LogP contribution in [0.3, 0.4) is 0 Å². The maximum absolute atomic E-state index is 12.6. The van der Waals surface area contributed by atoms with Gasteiger partial charge in [-0.05, 0) is 29.8 Å². The topological polar surface area (TPSA) is 57.6 Å². The highest BCUT2D eigenvalue weighted by Gasteiger charge is 2.24. The molecule has 0 aliphatic carbocycles. The van der Waals surface area contributed by atoms with Crippen molar-refractivity contribution in [1.82, 2.24) is 4.31 Å². The molecule has 112 valence electrons. The Bertz CT molecular complexity index is 672. The zero-order valence-electron chi connectivity index (χ0n) is 11.3. The summed E-state index contributed by atoms with van der Waals surface area (Å²) in [7, 11) is -3.63. The van der Waals surface area contributed by atoms with Gasteiger partial charge in [0.25, 0.3) is 0 Å². The Morgan fingerprint density at radius 1 is 1.00 bits per heavy atom. The third-order valence-corrected chi connectivity index (χ3v) is 5.39. The van der Waals surface area contributed by atoms with Crippen LogP contribution in [0.15, 0.2) is 64.0 Å². The lowest BCUT2D eigenvalue weighted by Crippen LogP contribution is -2.33. The van der Waals surface area contributed by atoms with Gasteiger partial charge in [-0.3, -0.25) is 0 Å². The van der Waals surface area contributed by atoms with Crippen LogP contribution in [0.5, 0.6) is 0 Å². The molecule has 0 bridgehead atoms. The van der Waals surface area contributed by atoms with Crippen molar-refractivity contribution >= 4 is 26.0 Å². The van der Waals surface area contributed by atoms with Crippen molar-refractivity contribution in [1.29, 1.82) is 0 Å². The number of nitrogens with zero attached hydrogens (tertiary/aromatic N) is 1. The fourth-order valence-electron chi connectivity index (χ4n) is 1.94. The first-order chi connectivity index (χ1) is 10.0. The van der Waals surface area contributed by atoms with Gasteiger partial charge >= 0.3 is 0 Å². The lowest BCUT2D eigenvalue weighted by Gasteiger charge is -2.21. The third-order valence-electron chi connectivity index (χ3n) is 3.00. The van der Waals surface area contributed by atoms with Gasteiger partial charge in [-0.25, -0.2) is 8.42 Å². The van der Waals surface area contributed by atoms with Gasteiger partial charge in [0.05, 0.1) is 11.5 Å². The van der Waals surface area contributed by atoms with Gasteiger partial charge < -0.3 is 5.11 Å². The highest BCUT2D eigenvalue weighted by atomic mass is 79.9. The van der Waals surface area contributed by atoms with Gasteiger partial charge in [0.15, 0.2) is 0 Å². The normalized spacial score (nSPS) is 11.8. The van der Waals surface area contributed by atoms with Crippen LogP contribution in [-0.2, 0) is 16.6 Å². The van der Waals surface area contributed by atoms with Crippen LogP contribution < -0.4 is 0 Å². The van der Waals surface area contributed by atoms with E-state index in [1.165, 1.54) is 4.31 Å². The van der Waals surface area contributed by atoms with E-state index in [0.717, 1.165) is 10.0 Å². The van der Waals surface area contributed by atoms with Crippen LogP contribution in [-0.4, -0.2) is 31.0 Å². The zero-order chi connectivity index (χ0) is 15.3. The Kier molecular flexibility index (Phi) is 5.52. The van der Waals surface area contributed by atoms with Crippen LogP contribution >= 0.6 is 15.9 Å². The Morgan fingerprint density at radius 2 is 1.62 bits per heavy atom. The summed E-state index contributed by atoms with van der Waals surface area (Å²) < 4.78 is 27.4. The number of hydrogen-bond donors (Lipinski definition) is 1. The molecule has 21 heavy (non-hydrogen) atoms. The van der Waals surface area contributed by atoms with E-state index >= 15 is 0 Å². The Hall–Kier alpha value is -1.21. The molecule has 0 spiro atoms. The highest BCUT2D eigenvalue weighted by Crippen LogP contribution is 2.20. The molecular weight excluding hydrogens is 354 g/mol. The molecule has 0 aliphatic heterocycles. The monoisotopic (exact) mass is 369 g/mol. The van der Waals surface area contributed by atoms with E-state index in [4.69, 9.17) is 5.11 Å². The van der Waals surface area contributed by atoms with Crippen molar-refractivity contribution < 1.29 is 13.5 Å². The van der Waals surface area contributed by atoms with Gasteiger partial charge in [-0.1, -0.05) is 46.3 Å². The third kappa shape index (κ3) is 4.14. The van der Waals surface area contributed by atoms with Gasteiger partial charge in [0, 0.05) is 17.6 Å². The molecule has 2 aromatic carbocycles. The minimum atomic E-state index is -3.63. The minimum absolute atomic E-state index is 0.0628. The average molecular weight is 370 g/mol. The summed E-state index contributed by atoms with van der Waals surface area (Å²) in [5.41, 5.74) is 0.881. The van der Waals surface area contributed by atoms with E-state index < -0.39 is 10.0 Å². The van der Waals surface area contributed by atoms with Crippen molar-refractivity contribution in [3.63, 3.8) is 0 Å². The summed E-state index contributed by atoms with van der Waals surface area (Å²) in [6, 6.07) is 15.8. The minimum Gasteiger partial charge on any atom is -0.395 e. The first kappa shape index (κ1) is 16.2. The van der Waals surface area contributed by atoms with E-state index in [2.05, 4.69) is 15.9 Å². The second-order valence-electron chi connectivity index (χ2n) is 4.50. The molecule has 0 unspecified atom stereocenters. The smallest absolute Gasteiger partial charge is 0.243 e. The van der Waals surface area contributed by atoms with Gasteiger partial charge in [-0.15, -0.1) is 0 Å². The molecule has 4 nitrogen and oxygen atoms in total. The molecule has 0 fully saturated rings. The summed E-state index contributed by atoms with van der Waals surface area (Å²) in [5, 5.41) is 9.16. The predicted molar refractivity (Wildman–Crippen MR) is 85.3 cm³/mol. The molecule has 0 amide bonds. The second-order valence-corrected chi connectivity index (χ2v) is 7.36. The van der Waals surface area contributed by atoms with Crippen molar-refractivity contribution in [2.24, 2.45) is 0 Å². The molecule has 1 N–H and O–H groups in total. The number of benzene rings is 2. The lowest BCUT2D eigenvalue weighted by molar-refractivity contribution is 0.251. The number of halogens is 1. The van der Waals surface area contributed by atoms with Crippen LogP contribution in [0.1, 0.15) is 5.56 Å². The van der Waals surface area contributed by atoms with Crippen molar-refractivity contribution in [3.8, 4) is 0 Å². The van der Waals surface area contributed by atoms with Gasteiger partial charge in [-0.2, -0.15) is 4.31 Å². The fraction of sp³-hybridized carbons (Fsp3) is 0.200. The molecule has 0 heterocycles. The van der Waals surface area contributed by atoms with Crippen molar-refractivity contribution in [2.45, 2.75) is 11.4 Å². The molecule has 2 rings (SSSR count). The SMILES string of the molecule is O=S(=O)(c1ccc(Br)cc1)N(CCO)Cc1ccccc1. The molecule has 0 aliphatic rings. The van der Waals surface area contributed by atoms with Gasteiger partial charge in [0.1, 0.15) is 0 Å². The average Bonchev–Trinajstić information content (AvgIpc) is 2.48. The molecule has 0 atom stereocenters. The van der Waals surface area contributed by atoms with E-state index in [1.54, 1.807) is 24.3 Å². The number of rotatable bonds is 6. The maximum atomic E-state index is 12.6. The summed E-state index contributed by atoms with van der Waals surface area (Å²) >= 11 is 3.29. The number of aliphatic hydroxyl groups is 1. The quantitative estimate of drug-likeness (QED) is 0.851. The van der Waals surface area contributed by atoms with Crippen LogP contribution in [0.2, 0.25) is 0 Å². The largest absolute Gasteiger partial charge is 0.395 e. The molecule has 2 aromatic rings. The van der Waals surface area contributed by atoms with Crippen molar-refractivity contribution in [2.75, 3.05) is 13.2 Å². The molecular formula is C15H16BrNO3S. The van der Waals surface area contributed by atoms with Crippen molar-refractivity contribution in [3.05, 3.63) is 64.6 Å². The van der Waals surface area contributed by atoms with E-state index in [0.29, 0.717) is 0 Å². The van der Waals surface area contributed by atoms with E-state index in [9.17, 15) is 8.42 Å². The Labute approximate surface area is 133 Å².